The van der Waals surface area contributed by atoms with Crippen LogP contribution >= 0.6 is 0 Å². The van der Waals surface area contributed by atoms with Crippen LogP contribution in [0.25, 0.3) is 0 Å². The highest BCUT2D eigenvalue weighted by molar-refractivity contribution is 7.89. The molecule has 0 radical (unpaired) electrons. The molecule has 8 nitrogen and oxygen atoms in total. The molecular formula is C20H29N3O5S. The number of aliphatic hydroxyl groups is 1. The minimum Gasteiger partial charge on any atom is -0.393 e. The second-order valence-corrected chi connectivity index (χ2v) is 9.55. The largest absolute Gasteiger partial charge is 0.393 e. The predicted octanol–water partition coefficient (Wildman–Crippen LogP) is 0.961. The first kappa shape index (κ1) is 21.7. The van der Waals surface area contributed by atoms with Crippen molar-refractivity contribution in [3.63, 3.8) is 0 Å². The molecule has 2 saturated heterocycles. The van der Waals surface area contributed by atoms with Crippen LogP contribution in [0.2, 0.25) is 0 Å². The van der Waals surface area contributed by atoms with E-state index in [1.165, 1.54) is 28.6 Å². The number of carbonyl (C=O) groups is 2. The average molecular weight is 424 g/mol. The number of benzene rings is 1. The molecule has 1 aromatic carbocycles. The van der Waals surface area contributed by atoms with Crippen molar-refractivity contribution in [1.29, 1.82) is 0 Å². The van der Waals surface area contributed by atoms with Gasteiger partial charge in [0, 0.05) is 30.7 Å². The Morgan fingerprint density at radius 2 is 1.79 bits per heavy atom. The van der Waals surface area contributed by atoms with E-state index in [0.29, 0.717) is 25.9 Å². The molecule has 3 rings (SSSR count). The normalized spacial score (nSPS) is 24.0. The number of nitrogens with one attached hydrogen (secondary N) is 1. The van der Waals surface area contributed by atoms with E-state index >= 15 is 0 Å². The number of hydrogen-bond acceptors (Lipinski definition) is 5. The summed E-state index contributed by atoms with van der Waals surface area (Å²) in [6.07, 6.45) is 2.57. The number of rotatable bonds is 7. The molecule has 2 N–H and O–H groups in total. The third kappa shape index (κ3) is 4.46. The van der Waals surface area contributed by atoms with E-state index in [-0.39, 0.29) is 41.1 Å². The van der Waals surface area contributed by atoms with E-state index in [2.05, 4.69) is 5.32 Å². The summed E-state index contributed by atoms with van der Waals surface area (Å²) in [5.74, 6) is -0.649. The van der Waals surface area contributed by atoms with Gasteiger partial charge in [-0.3, -0.25) is 9.59 Å². The van der Waals surface area contributed by atoms with E-state index in [4.69, 9.17) is 0 Å². The molecule has 0 aromatic heterocycles. The number of amides is 2. The molecule has 2 atom stereocenters. The Bertz CT molecular complexity index is 855. The first-order valence-corrected chi connectivity index (χ1v) is 11.6. The van der Waals surface area contributed by atoms with E-state index in [1.807, 2.05) is 0 Å². The van der Waals surface area contributed by atoms with Crippen molar-refractivity contribution in [3.8, 4) is 0 Å². The van der Waals surface area contributed by atoms with Crippen LogP contribution in [0.4, 0.5) is 0 Å². The van der Waals surface area contributed by atoms with Crippen LogP contribution in [-0.4, -0.2) is 72.4 Å². The molecule has 29 heavy (non-hydrogen) atoms. The lowest BCUT2D eigenvalue weighted by Crippen LogP contribution is -2.51. The van der Waals surface area contributed by atoms with Gasteiger partial charge >= 0.3 is 0 Å². The summed E-state index contributed by atoms with van der Waals surface area (Å²) in [5, 5.41) is 12.5. The Kier molecular flexibility index (Phi) is 6.60. The van der Waals surface area contributed by atoms with Crippen LogP contribution in [-0.2, 0) is 14.8 Å². The number of piperidine rings is 1. The van der Waals surface area contributed by atoms with Gasteiger partial charge in [0.05, 0.1) is 17.5 Å². The average Bonchev–Trinajstić information content (AvgIpc) is 2.98. The van der Waals surface area contributed by atoms with Crippen molar-refractivity contribution in [2.75, 3.05) is 19.6 Å². The summed E-state index contributed by atoms with van der Waals surface area (Å²) >= 11 is 0. The number of hydrogen-bond donors (Lipinski definition) is 2. The van der Waals surface area contributed by atoms with Gasteiger partial charge < -0.3 is 15.3 Å². The summed E-state index contributed by atoms with van der Waals surface area (Å²) in [7, 11) is -3.66. The fourth-order valence-corrected chi connectivity index (χ4v) is 5.92. The van der Waals surface area contributed by atoms with Gasteiger partial charge in [0.1, 0.15) is 0 Å². The zero-order chi connectivity index (χ0) is 21.2. The fourth-order valence-electron chi connectivity index (χ4n) is 4.42. The fraction of sp³-hybridized carbons (Fsp3) is 0.600. The quantitative estimate of drug-likeness (QED) is 0.679. The van der Waals surface area contributed by atoms with Crippen molar-refractivity contribution in [2.45, 2.75) is 62.6 Å². The number of sulfonamides is 1. The zero-order valence-corrected chi connectivity index (χ0v) is 17.7. The van der Waals surface area contributed by atoms with Crippen LogP contribution in [0, 0.1) is 0 Å². The summed E-state index contributed by atoms with van der Waals surface area (Å²) in [4.78, 5) is 27.0. The Balaban J connectivity index is 1.65. The minimum absolute atomic E-state index is 0.0377. The molecule has 2 heterocycles. The van der Waals surface area contributed by atoms with Crippen LogP contribution < -0.4 is 5.32 Å². The smallest absolute Gasteiger partial charge is 0.251 e. The third-order valence-corrected chi connectivity index (χ3v) is 7.88. The molecule has 2 amide bonds. The zero-order valence-electron chi connectivity index (χ0n) is 16.9. The lowest BCUT2D eigenvalue weighted by molar-refractivity contribution is -0.136. The first-order chi connectivity index (χ1) is 13.8. The number of carbonyl (C=O) groups excluding carboxylic acids is 2. The second kappa shape index (κ2) is 8.81. The van der Waals surface area contributed by atoms with Gasteiger partial charge in [0.25, 0.3) is 5.91 Å². The first-order valence-electron chi connectivity index (χ1n) is 10.2. The molecule has 2 aliphatic rings. The summed E-state index contributed by atoms with van der Waals surface area (Å²) in [6.45, 7) is 4.06. The molecule has 0 aliphatic carbocycles. The molecule has 2 fully saturated rings. The molecule has 9 heteroatoms. The molecular weight excluding hydrogens is 394 g/mol. The molecule has 1 aromatic rings. The van der Waals surface area contributed by atoms with E-state index in [9.17, 15) is 23.1 Å². The lowest BCUT2D eigenvalue weighted by atomic mass is 10.00. The maximum atomic E-state index is 12.7. The lowest BCUT2D eigenvalue weighted by Gasteiger charge is -2.37. The SMILES string of the molecule is CCN(CC)S(=O)(=O)c1cccc(C(=O)NCC(=O)N2[C@H]3CC[C@H]2CC(O)C3)c1. The third-order valence-electron chi connectivity index (χ3n) is 5.84. The highest BCUT2D eigenvalue weighted by atomic mass is 32.2. The standard InChI is InChI=1S/C20H29N3O5S/c1-3-22(4-2)29(27,28)18-7-5-6-14(10-18)20(26)21-13-19(25)23-15-8-9-16(23)12-17(24)11-15/h5-7,10,15-17,24H,3-4,8-9,11-13H2,1-2H3,(H,21,26)/t15-,16-/m0/s1. The molecule has 0 saturated carbocycles. The topological polar surface area (TPSA) is 107 Å². The van der Waals surface area contributed by atoms with E-state index in [0.717, 1.165) is 12.8 Å². The molecule has 2 bridgehead atoms. The van der Waals surface area contributed by atoms with Gasteiger partial charge in [-0.15, -0.1) is 0 Å². The summed E-state index contributed by atoms with van der Waals surface area (Å²) < 4.78 is 26.6. The highest BCUT2D eigenvalue weighted by Gasteiger charge is 2.42. The second-order valence-electron chi connectivity index (χ2n) is 7.61. The molecule has 0 unspecified atom stereocenters. The van der Waals surface area contributed by atoms with Crippen LogP contribution in [0.1, 0.15) is 49.9 Å². The van der Waals surface area contributed by atoms with Crippen molar-refractivity contribution in [1.82, 2.24) is 14.5 Å². The highest BCUT2D eigenvalue weighted by Crippen LogP contribution is 2.35. The molecule has 160 valence electrons. The Morgan fingerprint density at radius 3 is 2.38 bits per heavy atom. The van der Waals surface area contributed by atoms with Crippen LogP contribution in [0.15, 0.2) is 29.2 Å². The number of fused-ring (bicyclic) bond motifs is 2. The maximum absolute atomic E-state index is 12.7. The van der Waals surface area contributed by atoms with Gasteiger partial charge in [0.2, 0.25) is 15.9 Å². The number of nitrogens with zero attached hydrogens (tertiary/aromatic N) is 2. The Labute approximate surface area is 171 Å². The van der Waals surface area contributed by atoms with Crippen molar-refractivity contribution in [3.05, 3.63) is 29.8 Å². The van der Waals surface area contributed by atoms with E-state index in [1.54, 1.807) is 18.7 Å². The molecule has 2 aliphatic heterocycles. The van der Waals surface area contributed by atoms with Crippen LogP contribution in [0.3, 0.4) is 0 Å². The van der Waals surface area contributed by atoms with Gasteiger partial charge in [-0.25, -0.2) is 8.42 Å². The summed E-state index contributed by atoms with van der Waals surface area (Å²) in [5.41, 5.74) is 0.197. The van der Waals surface area contributed by atoms with Gasteiger partial charge in [-0.2, -0.15) is 4.31 Å². The summed E-state index contributed by atoms with van der Waals surface area (Å²) in [6, 6.07) is 5.94. The van der Waals surface area contributed by atoms with Crippen molar-refractivity contribution >= 4 is 21.8 Å². The minimum atomic E-state index is -3.66. The molecule has 0 spiro atoms. The van der Waals surface area contributed by atoms with Gasteiger partial charge in [-0.05, 0) is 43.9 Å². The van der Waals surface area contributed by atoms with Crippen molar-refractivity contribution in [2.24, 2.45) is 0 Å². The van der Waals surface area contributed by atoms with Gasteiger partial charge in [-0.1, -0.05) is 19.9 Å². The Morgan fingerprint density at radius 1 is 1.17 bits per heavy atom. The predicted molar refractivity (Wildman–Crippen MR) is 108 cm³/mol. The number of aliphatic hydroxyl groups excluding tert-OH is 1. The maximum Gasteiger partial charge on any atom is 0.251 e. The van der Waals surface area contributed by atoms with Gasteiger partial charge in [0.15, 0.2) is 0 Å². The monoisotopic (exact) mass is 423 g/mol. The Hall–Kier alpha value is -1.97. The van der Waals surface area contributed by atoms with Crippen LogP contribution in [0.5, 0.6) is 0 Å². The van der Waals surface area contributed by atoms with Crippen molar-refractivity contribution < 1.29 is 23.1 Å². The van der Waals surface area contributed by atoms with E-state index < -0.39 is 15.9 Å².